The van der Waals surface area contributed by atoms with E-state index in [1.165, 1.54) is 19.4 Å². The molecule has 13 heteroatoms. The van der Waals surface area contributed by atoms with Gasteiger partial charge >= 0.3 is 5.63 Å². The molecule has 0 unspecified atom stereocenters. The molecule has 36 heavy (non-hydrogen) atoms. The van der Waals surface area contributed by atoms with Gasteiger partial charge in [0.05, 0.1) is 25.9 Å². The number of ether oxygens (including phenoxy) is 2. The molecule has 0 saturated carbocycles. The van der Waals surface area contributed by atoms with Crippen molar-refractivity contribution in [1.29, 1.82) is 0 Å². The minimum absolute atomic E-state index is 0.0162. The number of carbonyl (C=O) groups excluding carboxylic acids is 1. The molecule has 0 aliphatic carbocycles. The van der Waals surface area contributed by atoms with Gasteiger partial charge in [-0.3, -0.25) is 15.1 Å². The van der Waals surface area contributed by atoms with E-state index in [1.807, 2.05) is 13.0 Å². The molecule has 12 nitrogen and oxygen atoms in total. The van der Waals surface area contributed by atoms with Crippen LogP contribution < -0.4 is 20.4 Å². The maximum atomic E-state index is 13.0. The fourth-order valence-electron chi connectivity index (χ4n) is 3.06. The highest BCUT2D eigenvalue weighted by Gasteiger charge is 2.25. The average Bonchev–Trinajstić information content (AvgIpc) is 3.51. The first-order valence-electron chi connectivity index (χ1n) is 10.8. The minimum Gasteiger partial charge on any atom is -0.494 e. The van der Waals surface area contributed by atoms with Gasteiger partial charge in [0.1, 0.15) is 11.4 Å². The van der Waals surface area contributed by atoms with Crippen LogP contribution in [0.1, 0.15) is 30.1 Å². The maximum Gasteiger partial charge on any atom is 0.379 e. The fourth-order valence-corrected chi connectivity index (χ4v) is 3.82. The van der Waals surface area contributed by atoms with E-state index >= 15 is 0 Å². The van der Waals surface area contributed by atoms with Crippen LogP contribution in [-0.4, -0.2) is 56.3 Å². The highest BCUT2D eigenvalue weighted by atomic mass is 32.1. The summed E-state index contributed by atoms with van der Waals surface area (Å²) in [6.07, 6.45) is 3.15. The molecule has 188 valence electrons. The van der Waals surface area contributed by atoms with Gasteiger partial charge in [-0.1, -0.05) is 25.2 Å². The van der Waals surface area contributed by atoms with Crippen molar-refractivity contribution in [3.63, 3.8) is 0 Å². The number of aromatic nitrogens is 5. The van der Waals surface area contributed by atoms with Gasteiger partial charge in [0.15, 0.2) is 5.76 Å². The van der Waals surface area contributed by atoms with Crippen LogP contribution in [0.3, 0.4) is 0 Å². The van der Waals surface area contributed by atoms with Crippen molar-refractivity contribution in [1.82, 2.24) is 25.0 Å². The second-order valence-corrected chi connectivity index (χ2v) is 9.49. The van der Waals surface area contributed by atoms with E-state index in [9.17, 15) is 14.7 Å². The van der Waals surface area contributed by atoms with Gasteiger partial charge in [-0.15, -0.1) is 10.2 Å². The minimum atomic E-state index is -0.885. The van der Waals surface area contributed by atoms with Crippen molar-refractivity contribution in [2.75, 3.05) is 25.6 Å². The lowest BCUT2D eigenvalue weighted by molar-refractivity contribution is 0.0941. The number of hydrogen-bond acceptors (Lipinski definition) is 11. The van der Waals surface area contributed by atoms with Crippen molar-refractivity contribution in [2.24, 2.45) is 5.41 Å². The van der Waals surface area contributed by atoms with Gasteiger partial charge in [0, 0.05) is 29.6 Å². The Morgan fingerprint density at radius 3 is 2.78 bits per heavy atom. The number of hydrogen-bond donors (Lipinski definition) is 2. The number of nitrogens with zero attached hydrogens (tertiary/aromatic N) is 5. The van der Waals surface area contributed by atoms with Gasteiger partial charge < -0.3 is 19.0 Å². The van der Waals surface area contributed by atoms with Crippen LogP contribution in [0.5, 0.6) is 11.5 Å². The van der Waals surface area contributed by atoms with E-state index in [1.54, 1.807) is 36.9 Å². The number of methoxy groups -OCH3 is 1. The Morgan fingerprint density at radius 2 is 2.08 bits per heavy atom. The van der Waals surface area contributed by atoms with E-state index < -0.39 is 16.9 Å². The van der Waals surface area contributed by atoms with Crippen LogP contribution in [0.2, 0.25) is 0 Å². The van der Waals surface area contributed by atoms with E-state index in [-0.39, 0.29) is 41.1 Å². The molecule has 0 saturated heterocycles. The molecule has 0 radical (unpaired) electrons. The van der Waals surface area contributed by atoms with Crippen LogP contribution in [0.15, 0.2) is 45.9 Å². The second-order valence-electron chi connectivity index (χ2n) is 8.53. The number of carbonyl (C=O) groups is 1. The summed E-state index contributed by atoms with van der Waals surface area (Å²) in [5.41, 5.74) is -0.178. The van der Waals surface area contributed by atoms with Crippen LogP contribution in [0.25, 0.3) is 16.4 Å². The average molecular weight is 513 g/mol. The molecule has 1 amide bonds. The van der Waals surface area contributed by atoms with Crippen molar-refractivity contribution in [3.8, 4) is 27.9 Å². The third-order valence-electron chi connectivity index (χ3n) is 5.06. The summed E-state index contributed by atoms with van der Waals surface area (Å²) in [5, 5.41) is 25.0. The van der Waals surface area contributed by atoms with Gasteiger partial charge in [-0.2, -0.15) is 5.10 Å². The number of aliphatic hydroxyl groups is 1. The van der Waals surface area contributed by atoms with Crippen LogP contribution >= 0.6 is 11.3 Å². The van der Waals surface area contributed by atoms with Gasteiger partial charge in [-0.25, -0.2) is 9.48 Å². The van der Waals surface area contributed by atoms with E-state index in [4.69, 9.17) is 13.9 Å². The molecule has 4 rings (SSSR count). The first-order valence-corrected chi connectivity index (χ1v) is 11.6. The summed E-state index contributed by atoms with van der Waals surface area (Å²) in [6, 6.07) is 6.50. The number of amides is 1. The zero-order valence-electron chi connectivity index (χ0n) is 20.0. The maximum absolute atomic E-state index is 13.0. The SMILES string of the molecule is COc1cccnc1-c1cc(C(=O)Nc2nnc(-n3nccc3C)s2)oc(=O)c1OCC(C)(C)CO. The summed E-state index contributed by atoms with van der Waals surface area (Å²) in [4.78, 5) is 30.3. The van der Waals surface area contributed by atoms with Gasteiger partial charge in [-0.05, 0) is 25.1 Å². The molecule has 4 aromatic rings. The van der Waals surface area contributed by atoms with Crippen LogP contribution in [0, 0.1) is 12.3 Å². The Bertz CT molecular complexity index is 1440. The number of aliphatic hydroxyl groups excluding tert-OH is 1. The highest BCUT2D eigenvalue weighted by molar-refractivity contribution is 7.17. The molecule has 0 aliphatic heterocycles. The first-order chi connectivity index (χ1) is 17.2. The topological polar surface area (TPSA) is 154 Å². The molecule has 0 spiro atoms. The Labute approximate surface area is 209 Å². The summed E-state index contributed by atoms with van der Waals surface area (Å²) in [6.45, 7) is 5.27. The number of pyridine rings is 1. The smallest absolute Gasteiger partial charge is 0.379 e. The molecule has 0 atom stereocenters. The summed E-state index contributed by atoms with van der Waals surface area (Å²) in [5.74, 6) is -0.796. The normalized spacial score (nSPS) is 11.4. The molecule has 0 fully saturated rings. The second kappa shape index (κ2) is 10.3. The molecule has 0 bridgehead atoms. The van der Waals surface area contributed by atoms with Crippen LogP contribution in [-0.2, 0) is 0 Å². The monoisotopic (exact) mass is 512 g/mol. The number of aryl methyl sites for hydroxylation is 1. The quantitative estimate of drug-likeness (QED) is 0.342. The lowest BCUT2D eigenvalue weighted by atomic mass is 9.96. The first kappa shape index (κ1) is 25.0. The predicted octanol–water partition coefficient (Wildman–Crippen LogP) is 2.71. The molecule has 0 aromatic carbocycles. The van der Waals surface area contributed by atoms with Crippen molar-refractivity contribution in [3.05, 3.63) is 58.5 Å². The van der Waals surface area contributed by atoms with E-state index in [0.717, 1.165) is 17.0 Å². The lowest BCUT2D eigenvalue weighted by Crippen LogP contribution is -2.27. The van der Waals surface area contributed by atoms with Crippen molar-refractivity contribution >= 4 is 22.4 Å². The molecule has 0 aliphatic rings. The third-order valence-corrected chi connectivity index (χ3v) is 5.88. The Balaban J connectivity index is 1.69. The standard InChI is InChI=1S/C23H24N6O6S/c1-13-7-9-25-29(13)22-28-27-21(36-22)26-19(31)16-10-14(17-15(33-4)6-5-8-24-17)18(20(32)35-16)34-12-23(2,3)11-30/h5-10,30H,11-12H2,1-4H3,(H,26,27,31). The van der Waals surface area contributed by atoms with E-state index in [0.29, 0.717) is 10.9 Å². The van der Waals surface area contributed by atoms with Gasteiger partial charge in [0.25, 0.3) is 5.91 Å². The molecular formula is C23H24N6O6S. The Hall–Kier alpha value is -4.10. The summed E-state index contributed by atoms with van der Waals surface area (Å²) in [7, 11) is 1.46. The zero-order valence-corrected chi connectivity index (χ0v) is 20.8. The van der Waals surface area contributed by atoms with E-state index in [2.05, 4.69) is 25.6 Å². The van der Waals surface area contributed by atoms with Crippen molar-refractivity contribution in [2.45, 2.75) is 20.8 Å². The van der Waals surface area contributed by atoms with Gasteiger partial charge in [0.2, 0.25) is 16.0 Å². The third kappa shape index (κ3) is 5.26. The molecule has 4 heterocycles. The molecule has 2 N–H and O–H groups in total. The van der Waals surface area contributed by atoms with Crippen molar-refractivity contribution < 1.29 is 23.8 Å². The highest BCUT2D eigenvalue weighted by Crippen LogP contribution is 2.34. The molecule has 4 aromatic heterocycles. The summed E-state index contributed by atoms with van der Waals surface area (Å²) < 4.78 is 18.0. The fraction of sp³-hybridized carbons (Fsp3) is 0.304. The Morgan fingerprint density at radius 1 is 1.28 bits per heavy atom. The summed E-state index contributed by atoms with van der Waals surface area (Å²) >= 11 is 1.10. The van der Waals surface area contributed by atoms with Crippen LogP contribution in [0.4, 0.5) is 5.13 Å². The largest absolute Gasteiger partial charge is 0.494 e. The lowest BCUT2D eigenvalue weighted by Gasteiger charge is -2.22. The molecular weight excluding hydrogens is 488 g/mol. The number of anilines is 1. The zero-order chi connectivity index (χ0) is 25.9. The Kier molecular flexibility index (Phi) is 7.12. The number of rotatable bonds is 9. The number of nitrogens with one attached hydrogen (secondary N) is 1. The predicted molar refractivity (Wildman–Crippen MR) is 131 cm³/mol.